The molecule has 0 bridgehead atoms. The van der Waals surface area contributed by atoms with Crippen molar-refractivity contribution in [3.63, 3.8) is 0 Å². The number of hydrogen-bond donors (Lipinski definition) is 0. The first kappa shape index (κ1) is 9.31. The molecule has 74 valence electrons. The topological polar surface area (TPSA) is 42.9 Å². The Kier molecular flexibility index (Phi) is 2.87. The molecule has 1 aliphatic rings. The minimum Gasteiger partial charge on any atom is -0.290 e. The van der Waals surface area contributed by atoms with E-state index in [0.717, 1.165) is 12.8 Å². The lowest BCUT2D eigenvalue weighted by molar-refractivity contribution is 0.0878. The van der Waals surface area contributed by atoms with Crippen LogP contribution < -0.4 is 0 Å². The molecule has 0 aliphatic heterocycles. The summed E-state index contributed by atoms with van der Waals surface area (Å²) >= 11 is 0. The zero-order valence-electron chi connectivity index (χ0n) is 8.15. The van der Waals surface area contributed by atoms with E-state index in [2.05, 4.69) is 9.97 Å². The van der Waals surface area contributed by atoms with Gasteiger partial charge in [0, 0.05) is 18.3 Å². The van der Waals surface area contributed by atoms with Crippen molar-refractivity contribution in [2.45, 2.75) is 32.1 Å². The van der Waals surface area contributed by atoms with Gasteiger partial charge < -0.3 is 0 Å². The third kappa shape index (κ3) is 1.97. The molecule has 0 spiro atoms. The molecule has 1 aromatic rings. The zero-order valence-corrected chi connectivity index (χ0v) is 8.15. The molecule has 1 aromatic heterocycles. The van der Waals surface area contributed by atoms with Gasteiger partial charge in [0.15, 0.2) is 5.82 Å². The molecular formula is C11H14N2O. The van der Waals surface area contributed by atoms with Crippen molar-refractivity contribution in [3.8, 4) is 0 Å². The number of rotatable bonds is 2. The van der Waals surface area contributed by atoms with Gasteiger partial charge in [-0.25, -0.2) is 9.97 Å². The van der Waals surface area contributed by atoms with Crippen LogP contribution in [0.15, 0.2) is 18.5 Å². The van der Waals surface area contributed by atoms with Crippen LogP contribution in [0.3, 0.4) is 0 Å². The summed E-state index contributed by atoms with van der Waals surface area (Å²) in [7, 11) is 0. The molecule has 0 atom stereocenters. The van der Waals surface area contributed by atoms with Gasteiger partial charge in [0.25, 0.3) is 0 Å². The largest absolute Gasteiger partial charge is 0.290 e. The number of ketones is 1. The van der Waals surface area contributed by atoms with Crippen molar-refractivity contribution in [3.05, 3.63) is 24.3 Å². The molecule has 3 heteroatoms. The predicted molar refractivity (Wildman–Crippen MR) is 52.9 cm³/mol. The number of carbonyl (C=O) groups excluding carboxylic acids is 1. The number of nitrogens with zero attached hydrogens (tertiary/aromatic N) is 2. The van der Waals surface area contributed by atoms with E-state index in [0.29, 0.717) is 5.82 Å². The van der Waals surface area contributed by atoms with Gasteiger partial charge in [0.2, 0.25) is 5.78 Å². The second-order valence-corrected chi connectivity index (χ2v) is 3.77. The Balaban J connectivity index is 2.07. The number of aromatic nitrogens is 2. The number of Topliss-reactive ketones (excluding diaryl/α,β-unsaturated/α-hetero) is 1. The maximum Gasteiger partial charge on any atom is 0.203 e. The van der Waals surface area contributed by atoms with Gasteiger partial charge in [-0.1, -0.05) is 19.3 Å². The Bertz CT molecular complexity index is 304. The lowest BCUT2D eigenvalue weighted by Crippen LogP contribution is -2.19. The number of carbonyl (C=O) groups is 1. The minimum atomic E-state index is 0.130. The first-order valence-corrected chi connectivity index (χ1v) is 5.19. The SMILES string of the molecule is O=C(c1ncccn1)C1CCCCC1. The molecule has 14 heavy (non-hydrogen) atoms. The molecule has 1 aliphatic carbocycles. The standard InChI is InChI=1S/C11H14N2O/c14-10(9-5-2-1-3-6-9)11-12-7-4-8-13-11/h4,7-9H,1-3,5-6H2. The Morgan fingerprint density at radius 1 is 1.14 bits per heavy atom. The maximum absolute atomic E-state index is 11.9. The van der Waals surface area contributed by atoms with Gasteiger partial charge >= 0.3 is 0 Å². The normalized spacial score (nSPS) is 18.0. The van der Waals surface area contributed by atoms with Crippen LogP contribution in [0.4, 0.5) is 0 Å². The highest BCUT2D eigenvalue weighted by Gasteiger charge is 2.23. The van der Waals surface area contributed by atoms with Crippen LogP contribution in [0.1, 0.15) is 42.7 Å². The lowest BCUT2D eigenvalue weighted by Gasteiger charge is -2.19. The molecule has 1 fully saturated rings. The summed E-state index contributed by atoms with van der Waals surface area (Å²) < 4.78 is 0. The van der Waals surface area contributed by atoms with E-state index in [1.54, 1.807) is 18.5 Å². The van der Waals surface area contributed by atoms with E-state index in [9.17, 15) is 4.79 Å². The van der Waals surface area contributed by atoms with Crippen molar-refractivity contribution in [2.24, 2.45) is 5.92 Å². The fourth-order valence-corrected chi connectivity index (χ4v) is 1.97. The van der Waals surface area contributed by atoms with Gasteiger partial charge in [-0.15, -0.1) is 0 Å². The average Bonchev–Trinajstić information content (AvgIpc) is 2.30. The smallest absolute Gasteiger partial charge is 0.203 e. The molecule has 1 saturated carbocycles. The molecule has 1 heterocycles. The fraction of sp³-hybridized carbons (Fsp3) is 0.545. The van der Waals surface area contributed by atoms with E-state index in [1.807, 2.05) is 0 Å². The summed E-state index contributed by atoms with van der Waals surface area (Å²) in [6.07, 6.45) is 8.88. The highest BCUT2D eigenvalue weighted by Crippen LogP contribution is 2.25. The highest BCUT2D eigenvalue weighted by atomic mass is 16.1. The third-order valence-electron chi connectivity index (χ3n) is 2.76. The molecule has 0 saturated heterocycles. The minimum absolute atomic E-state index is 0.130. The summed E-state index contributed by atoms with van der Waals surface area (Å²) in [6.45, 7) is 0. The Morgan fingerprint density at radius 3 is 2.43 bits per heavy atom. The molecule has 0 amide bonds. The van der Waals surface area contributed by atoms with Crippen molar-refractivity contribution >= 4 is 5.78 Å². The molecule has 0 unspecified atom stereocenters. The molecule has 3 nitrogen and oxygen atoms in total. The van der Waals surface area contributed by atoms with Gasteiger partial charge in [0.05, 0.1) is 0 Å². The third-order valence-corrected chi connectivity index (χ3v) is 2.76. The average molecular weight is 190 g/mol. The molecule has 0 N–H and O–H groups in total. The first-order chi connectivity index (χ1) is 6.88. The van der Waals surface area contributed by atoms with Crippen molar-refractivity contribution < 1.29 is 4.79 Å². The van der Waals surface area contributed by atoms with Crippen LogP contribution in [0.25, 0.3) is 0 Å². The van der Waals surface area contributed by atoms with E-state index in [4.69, 9.17) is 0 Å². The van der Waals surface area contributed by atoms with E-state index >= 15 is 0 Å². The number of hydrogen-bond acceptors (Lipinski definition) is 3. The van der Waals surface area contributed by atoms with Gasteiger partial charge in [-0.05, 0) is 18.9 Å². The van der Waals surface area contributed by atoms with E-state index < -0.39 is 0 Å². The zero-order chi connectivity index (χ0) is 9.80. The second kappa shape index (κ2) is 4.31. The van der Waals surface area contributed by atoms with E-state index in [-0.39, 0.29) is 11.7 Å². The maximum atomic E-state index is 11.9. The molecule has 0 aromatic carbocycles. The Hall–Kier alpha value is -1.25. The molecular weight excluding hydrogens is 176 g/mol. The quantitative estimate of drug-likeness (QED) is 0.672. The van der Waals surface area contributed by atoms with Crippen molar-refractivity contribution in [1.82, 2.24) is 9.97 Å². The summed E-state index contributed by atoms with van der Waals surface area (Å²) in [5, 5.41) is 0. The Labute approximate surface area is 83.6 Å². The Morgan fingerprint density at radius 2 is 1.79 bits per heavy atom. The van der Waals surface area contributed by atoms with Crippen LogP contribution in [-0.4, -0.2) is 15.8 Å². The van der Waals surface area contributed by atoms with Gasteiger partial charge in [-0.2, -0.15) is 0 Å². The van der Waals surface area contributed by atoms with Crippen LogP contribution in [0.2, 0.25) is 0 Å². The first-order valence-electron chi connectivity index (χ1n) is 5.19. The fourth-order valence-electron chi connectivity index (χ4n) is 1.97. The lowest BCUT2D eigenvalue weighted by atomic mass is 9.86. The van der Waals surface area contributed by atoms with Crippen LogP contribution in [-0.2, 0) is 0 Å². The monoisotopic (exact) mass is 190 g/mol. The van der Waals surface area contributed by atoms with Gasteiger partial charge in [0.1, 0.15) is 0 Å². The summed E-state index contributed by atoms with van der Waals surface area (Å²) in [5.41, 5.74) is 0. The summed E-state index contributed by atoms with van der Waals surface area (Å²) in [5.74, 6) is 0.691. The van der Waals surface area contributed by atoms with Crippen LogP contribution in [0, 0.1) is 5.92 Å². The molecule has 2 rings (SSSR count). The summed E-state index contributed by atoms with van der Waals surface area (Å²) in [4.78, 5) is 19.9. The van der Waals surface area contributed by atoms with Crippen LogP contribution >= 0.6 is 0 Å². The van der Waals surface area contributed by atoms with Crippen molar-refractivity contribution in [2.75, 3.05) is 0 Å². The predicted octanol–water partition coefficient (Wildman–Crippen LogP) is 2.24. The van der Waals surface area contributed by atoms with E-state index in [1.165, 1.54) is 19.3 Å². The van der Waals surface area contributed by atoms with Crippen molar-refractivity contribution in [1.29, 1.82) is 0 Å². The van der Waals surface area contributed by atoms with Crippen LogP contribution in [0.5, 0.6) is 0 Å². The molecule has 0 radical (unpaired) electrons. The summed E-state index contributed by atoms with van der Waals surface area (Å²) in [6, 6.07) is 1.73. The second-order valence-electron chi connectivity index (χ2n) is 3.77. The van der Waals surface area contributed by atoms with Gasteiger partial charge in [-0.3, -0.25) is 4.79 Å². The highest BCUT2D eigenvalue weighted by molar-refractivity contribution is 5.94.